The fraction of sp³-hybridized carbons (Fsp3) is 0.273. The van der Waals surface area contributed by atoms with Gasteiger partial charge in [0.1, 0.15) is 5.75 Å². The molecule has 4 aromatic rings. The van der Waals surface area contributed by atoms with Crippen LogP contribution in [0.2, 0.25) is 0 Å². The first-order chi connectivity index (χ1) is 18.6. The van der Waals surface area contributed by atoms with Gasteiger partial charge in [0, 0.05) is 4.88 Å². The molecule has 0 N–H and O–H groups in total. The number of rotatable bonds is 11. The lowest BCUT2D eigenvalue weighted by atomic mass is 9.88. The monoisotopic (exact) mass is 541 g/mol. The molecule has 5 heteroatoms. The molecule has 0 spiro atoms. The molecule has 5 rings (SSSR count). The molecule has 0 atom stereocenters. The van der Waals surface area contributed by atoms with Crippen molar-refractivity contribution < 1.29 is 13.2 Å². The molecule has 195 valence electrons. The van der Waals surface area contributed by atoms with Crippen molar-refractivity contribution in [2.45, 2.75) is 44.3 Å². The van der Waals surface area contributed by atoms with Gasteiger partial charge >= 0.3 is 0 Å². The summed E-state index contributed by atoms with van der Waals surface area (Å²) in [6.07, 6.45) is 5.56. The number of ether oxygens (including phenoxy) is 1. The molecule has 3 aromatic carbocycles. The average molecular weight is 542 g/mol. The van der Waals surface area contributed by atoms with Gasteiger partial charge in [-0.1, -0.05) is 66.7 Å². The molecule has 0 saturated heterocycles. The van der Waals surface area contributed by atoms with E-state index in [0.29, 0.717) is 13.0 Å². The highest BCUT2D eigenvalue weighted by molar-refractivity contribution is 7.90. The first-order valence-corrected chi connectivity index (χ1v) is 16.0. The quantitative estimate of drug-likeness (QED) is 0.181. The second kappa shape index (κ2) is 12.6. The molecule has 0 saturated carbocycles. The zero-order valence-corrected chi connectivity index (χ0v) is 23.2. The first-order valence-electron chi connectivity index (χ1n) is 13.3. The fourth-order valence-corrected chi connectivity index (χ4v) is 7.73. The Bertz CT molecular complexity index is 1450. The third kappa shape index (κ3) is 6.83. The van der Waals surface area contributed by atoms with Crippen molar-refractivity contribution in [3.8, 4) is 5.75 Å². The van der Waals surface area contributed by atoms with Crippen LogP contribution in [-0.2, 0) is 22.0 Å². The van der Waals surface area contributed by atoms with E-state index in [0.717, 1.165) is 42.7 Å². The summed E-state index contributed by atoms with van der Waals surface area (Å²) in [6.45, 7) is 0.584. The van der Waals surface area contributed by atoms with E-state index in [1.807, 2.05) is 23.6 Å². The van der Waals surface area contributed by atoms with Crippen molar-refractivity contribution in [2.75, 3.05) is 12.4 Å². The zero-order valence-electron chi connectivity index (χ0n) is 21.6. The van der Waals surface area contributed by atoms with Crippen molar-refractivity contribution in [1.82, 2.24) is 0 Å². The smallest absolute Gasteiger partial charge is 0.155 e. The number of hydrogen-bond donors (Lipinski definition) is 0. The van der Waals surface area contributed by atoms with Crippen LogP contribution in [0.1, 0.15) is 59.2 Å². The summed E-state index contributed by atoms with van der Waals surface area (Å²) >= 11 is 1.50. The molecule has 0 fully saturated rings. The molecular formula is C33H33O3S2. The third-order valence-corrected chi connectivity index (χ3v) is 9.69. The van der Waals surface area contributed by atoms with Gasteiger partial charge in [-0.25, -0.2) is 8.42 Å². The van der Waals surface area contributed by atoms with Gasteiger partial charge in [-0.15, -0.1) is 11.3 Å². The molecule has 1 aromatic heterocycles. The minimum atomic E-state index is -3.04. The molecule has 38 heavy (non-hydrogen) atoms. The summed E-state index contributed by atoms with van der Waals surface area (Å²) in [6, 6.07) is 32.5. The van der Waals surface area contributed by atoms with Crippen molar-refractivity contribution in [2.24, 2.45) is 0 Å². The molecule has 0 unspecified atom stereocenters. The summed E-state index contributed by atoms with van der Waals surface area (Å²) in [7, 11) is -3.04. The van der Waals surface area contributed by atoms with Gasteiger partial charge in [-0.2, -0.15) is 0 Å². The molecular weight excluding hydrogens is 508 g/mol. The van der Waals surface area contributed by atoms with Crippen molar-refractivity contribution in [3.05, 3.63) is 124 Å². The number of benzene rings is 3. The molecule has 3 nitrogen and oxygen atoms in total. The number of allylic oxidation sites excluding steroid dienone is 1. The summed E-state index contributed by atoms with van der Waals surface area (Å²) in [5.74, 6) is 1.23. The summed E-state index contributed by atoms with van der Waals surface area (Å²) in [5.41, 5.74) is 7.81. The van der Waals surface area contributed by atoms with E-state index in [1.165, 1.54) is 44.7 Å². The van der Waals surface area contributed by atoms with Crippen LogP contribution < -0.4 is 4.74 Å². The largest absolute Gasteiger partial charge is 0.494 e. The number of fused-ring (bicyclic) bond motifs is 1. The lowest BCUT2D eigenvalue weighted by molar-refractivity contribution is 0.306. The standard InChI is InChI=1S/C33H33O3S2/c34-38(35,25-30-15-10-23-37-30)24-8-2-7-22-36-29-20-18-28(19-21-29)33-31-16-6-5-13-27(31)14-9-17-32(33)26-11-3-1-4-12-26/h1,3-4,6,10-13,15-16,18-21,23H,2,7-9,14,17,22,24-25H2. The van der Waals surface area contributed by atoms with Crippen LogP contribution in [-0.4, -0.2) is 20.8 Å². The van der Waals surface area contributed by atoms with E-state index < -0.39 is 9.84 Å². The number of sulfone groups is 1. The van der Waals surface area contributed by atoms with E-state index in [1.54, 1.807) is 0 Å². The number of aryl methyl sites for hydroxylation is 1. The summed E-state index contributed by atoms with van der Waals surface area (Å²) < 4.78 is 30.6. The maximum atomic E-state index is 12.3. The highest BCUT2D eigenvalue weighted by Crippen LogP contribution is 2.40. The predicted molar refractivity (Wildman–Crippen MR) is 158 cm³/mol. The van der Waals surface area contributed by atoms with Gasteiger partial charge < -0.3 is 4.74 Å². The van der Waals surface area contributed by atoms with E-state index in [-0.39, 0.29) is 11.5 Å². The molecule has 1 aliphatic rings. The number of hydrogen-bond acceptors (Lipinski definition) is 4. The van der Waals surface area contributed by atoms with Crippen LogP contribution in [0.5, 0.6) is 5.75 Å². The minimum absolute atomic E-state index is 0.151. The second-order valence-electron chi connectivity index (χ2n) is 9.76. The highest BCUT2D eigenvalue weighted by Gasteiger charge is 2.20. The van der Waals surface area contributed by atoms with Crippen LogP contribution >= 0.6 is 11.3 Å². The molecule has 0 amide bonds. The molecule has 0 aliphatic heterocycles. The molecule has 1 aliphatic carbocycles. The van der Waals surface area contributed by atoms with Crippen LogP contribution in [0.4, 0.5) is 0 Å². The van der Waals surface area contributed by atoms with E-state index >= 15 is 0 Å². The highest BCUT2D eigenvalue weighted by atomic mass is 32.2. The van der Waals surface area contributed by atoms with E-state index in [2.05, 4.69) is 72.8 Å². The van der Waals surface area contributed by atoms with Crippen molar-refractivity contribution >= 4 is 32.3 Å². The Labute approximate surface area is 230 Å². The third-order valence-electron chi connectivity index (χ3n) is 6.97. The molecule has 0 bridgehead atoms. The zero-order chi connectivity index (χ0) is 26.2. The van der Waals surface area contributed by atoms with Crippen LogP contribution in [0.15, 0.2) is 90.3 Å². The van der Waals surface area contributed by atoms with Gasteiger partial charge in [-0.05, 0) is 102 Å². The lowest BCUT2D eigenvalue weighted by Gasteiger charge is -2.17. The number of unbranched alkanes of at least 4 members (excludes halogenated alkanes) is 2. The Morgan fingerprint density at radius 1 is 0.842 bits per heavy atom. The maximum Gasteiger partial charge on any atom is 0.155 e. The first kappa shape index (κ1) is 26.5. The van der Waals surface area contributed by atoms with Crippen LogP contribution in [0.3, 0.4) is 0 Å². The average Bonchev–Trinajstić information content (AvgIpc) is 3.36. The molecule has 1 radical (unpaired) electrons. The Morgan fingerprint density at radius 2 is 1.68 bits per heavy atom. The Hall–Kier alpha value is -3.15. The summed E-state index contributed by atoms with van der Waals surface area (Å²) in [5, 5.41) is 1.92. The minimum Gasteiger partial charge on any atom is -0.494 e. The predicted octanol–water partition coefficient (Wildman–Crippen LogP) is 8.01. The summed E-state index contributed by atoms with van der Waals surface area (Å²) in [4.78, 5) is 0.911. The van der Waals surface area contributed by atoms with Gasteiger partial charge in [0.05, 0.1) is 18.1 Å². The molecule has 1 heterocycles. The normalized spacial score (nSPS) is 13.7. The van der Waals surface area contributed by atoms with Gasteiger partial charge in [0.15, 0.2) is 9.84 Å². The van der Waals surface area contributed by atoms with Gasteiger partial charge in [0.25, 0.3) is 0 Å². The topological polar surface area (TPSA) is 43.4 Å². The Morgan fingerprint density at radius 3 is 2.47 bits per heavy atom. The van der Waals surface area contributed by atoms with Crippen molar-refractivity contribution in [3.63, 3.8) is 0 Å². The van der Waals surface area contributed by atoms with Crippen LogP contribution in [0.25, 0.3) is 11.1 Å². The SMILES string of the molecule is O=S(=O)(CCCCCOc1ccc(C2=C(c3ccccc3)CCCc3c[c]ccc32)cc1)Cc1cccs1. The van der Waals surface area contributed by atoms with E-state index in [4.69, 9.17) is 4.74 Å². The van der Waals surface area contributed by atoms with Gasteiger partial charge in [-0.3, -0.25) is 0 Å². The number of thiophene rings is 1. The van der Waals surface area contributed by atoms with Gasteiger partial charge in [0.2, 0.25) is 0 Å². The lowest BCUT2D eigenvalue weighted by Crippen LogP contribution is -2.09. The second-order valence-corrected chi connectivity index (χ2v) is 13.0. The Kier molecular flexibility index (Phi) is 8.77. The van der Waals surface area contributed by atoms with E-state index in [9.17, 15) is 8.42 Å². The fourth-order valence-electron chi connectivity index (χ4n) is 5.11. The maximum absolute atomic E-state index is 12.3. The Balaban J connectivity index is 1.21. The van der Waals surface area contributed by atoms with Crippen molar-refractivity contribution in [1.29, 1.82) is 0 Å². The van der Waals surface area contributed by atoms with Crippen LogP contribution in [0, 0.1) is 6.07 Å².